The van der Waals surface area contributed by atoms with Crippen LogP contribution in [0.1, 0.15) is 20.8 Å². The number of rotatable bonds is 4. The summed E-state index contributed by atoms with van der Waals surface area (Å²) in [5.41, 5.74) is 9.08. The normalized spacial score (nSPS) is 11.7. The van der Waals surface area contributed by atoms with Crippen molar-refractivity contribution in [2.45, 2.75) is 46.0 Å². The van der Waals surface area contributed by atoms with Crippen molar-refractivity contribution in [3.8, 4) is 33.8 Å². The molecule has 5 aromatic carbocycles. The zero-order valence-corrected chi connectivity index (χ0v) is 32.1. The molecule has 247 valence electrons. The van der Waals surface area contributed by atoms with E-state index in [-0.39, 0.29) is 25.6 Å². The molecule has 0 saturated carbocycles. The van der Waals surface area contributed by atoms with Gasteiger partial charge in [-0.3, -0.25) is 4.98 Å². The number of nitrogens with zero attached hydrogens (tertiary/aromatic N) is 3. The molecule has 0 bridgehead atoms. The first-order chi connectivity index (χ1) is 23.1. The minimum atomic E-state index is -1.30. The molecule has 1 radical (unpaired) electrons. The minimum absolute atomic E-state index is 0. The van der Waals surface area contributed by atoms with Crippen LogP contribution in [0.25, 0.3) is 66.7 Å². The standard InChI is InChI=1S/C26H22NOSi.C17H17N2.Ir/c1-29(2,3)20-13-11-18(12-14-20)19-15-16-27-24(17-19)23-9-6-8-22-21-7-4-5-10-25(21)28-26(22)23;1-17(2,3)19-15-12-8-7-11-14(15)18-16(19)13-9-5-4-6-10-13;/h4-8,10-17H,1-3H3;4-9,11-12H,1-3H3;/q2*-1;. The molecule has 0 aliphatic heterocycles. The maximum atomic E-state index is 6.17. The fourth-order valence-corrected chi connectivity index (χ4v) is 7.38. The predicted molar refractivity (Wildman–Crippen MR) is 203 cm³/mol. The molecular formula is C43H39IrN3OSi-2. The third-order valence-corrected chi connectivity index (χ3v) is 10.7. The molecule has 0 amide bonds. The van der Waals surface area contributed by atoms with Gasteiger partial charge in [0, 0.05) is 37.2 Å². The summed E-state index contributed by atoms with van der Waals surface area (Å²) in [6.07, 6.45) is 1.87. The van der Waals surface area contributed by atoms with Gasteiger partial charge >= 0.3 is 0 Å². The second-order valence-corrected chi connectivity index (χ2v) is 19.2. The van der Waals surface area contributed by atoms with Crippen molar-refractivity contribution >= 4 is 46.2 Å². The Kier molecular flexibility index (Phi) is 9.59. The molecule has 6 heteroatoms. The topological polar surface area (TPSA) is 43.9 Å². The van der Waals surface area contributed by atoms with Gasteiger partial charge in [0.1, 0.15) is 5.58 Å². The number of aromatic nitrogens is 3. The Morgan fingerprint density at radius 1 is 0.714 bits per heavy atom. The van der Waals surface area contributed by atoms with Gasteiger partial charge in [-0.1, -0.05) is 96.4 Å². The Morgan fingerprint density at radius 3 is 2.18 bits per heavy atom. The van der Waals surface area contributed by atoms with E-state index >= 15 is 0 Å². The van der Waals surface area contributed by atoms with Crippen molar-refractivity contribution in [3.63, 3.8) is 0 Å². The largest absolute Gasteiger partial charge is 0.501 e. The van der Waals surface area contributed by atoms with Crippen LogP contribution >= 0.6 is 0 Å². The Balaban J connectivity index is 0.000000181. The number of para-hydroxylation sites is 3. The molecule has 49 heavy (non-hydrogen) atoms. The zero-order chi connectivity index (χ0) is 33.5. The number of pyridine rings is 1. The molecule has 0 aliphatic carbocycles. The average molecular weight is 834 g/mol. The molecule has 0 unspecified atom stereocenters. The van der Waals surface area contributed by atoms with Crippen LogP contribution in [-0.4, -0.2) is 22.6 Å². The molecule has 0 fully saturated rings. The summed E-state index contributed by atoms with van der Waals surface area (Å²) < 4.78 is 8.46. The van der Waals surface area contributed by atoms with Gasteiger partial charge in [0.15, 0.2) is 0 Å². The number of hydrogen-bond donors (Lipinski definition) is 0. The number of fused-ring (bicyclic) bond motifs is 4. The van der Waals surface area contributed by atoms with E-state index in [2.05, 4.69) is 135 Å². The van der Waals surface area contributed by atoms with Gasteiger partial charge in [-0.25, -0.2) is 0 Å². The van der Waals surface area contributed by atoms with E-state index in [1.807, 2.05) is 54.7 Å². The quantitative estimate of drug-likeness (QED) is 0.131. The molecule has 0 saturated heterocycles. The third kappa shape index (κ3) is 6.95. The summed E-state index contributed by atoms with van der Waals surface area (Å²) in [4.78, 5) is 9.41. The van der Waals surface area contributed by atoms with E-state index in [0.29, 0.717) is 0 Å². The molecule has 8 rings (SSSR count). The number of benzene rings is 5. The maximum Gasteiger partial charge on any atom is 0.120 e. The van der Waals surface area contributed by atoms with Crippen LogP contribution < -0.4 is 5.19 Å². The summed E-state index contributed by atoms with van der Waals surface area (Å²) in [7, 11) is -1.30. The molecule has 4 nitrogen and oxygen atoms in total. The van der Waals surface area contributed by atoms with Crippen LogP contribution in [-0.2, 0) is 25.6 Å². The first kappa shape index (κ1) is 34.3. The summed E-state index contributed by atoms with van der Waals surface area (Å²) in [5, 5.41) is 3.69. The Morgan fingerprint density at radius 2 is 1.45 bits per heavy atom. The maximum absolute atomic E-state index is 6.17. The second-order valence-electron chi connectivity index (χ2n) is 14.2. The Labute approximate surface area is 303 Å². The van der Waals surface area contributed by atoms with Crippen molar-refractivity contribution in [2.24, 2.45) is 0 Å². The van der Waals surface area contributed by atoms with Crippen molar-refractivity contribution in [1.29, 1.82) is 0 Å². The first-order valence-corrected chi connectivity index (χ1v) is 19.9. The van der Waals surface area contributed by atoms with E-state index in [1.165, 1.54) is 16.3 Å². The molecule has 0 aliphatic rings. The van der Waals surface area contributed by atoms with Gasteiger partial charge in [-0.2, -0.15) is 0 Å². The third-order valence-electron chi connectivity index (χ3n) is 8.62. The van der Waals surface area contributed by atoms with Crippen molar-refractivity contribution in [1.82, 2.24) is 14.5 Å². The van der Waals surface area contributed by atoms with Crippen molar-refractivity contribution in [2.75, 3.05) is 0 Å². The van der Waals surface area contributed by atoms with Gasteiger partial charge in [0.25, 0.3) is 0 Å². The molecule has 3 heterocycles. The molecule has 8 aromatic rings. The van der Waals surface area contributed by atoms with Gasteiger partial charge in [-0.05, 0) is 61.9 Å². The SMILES string of the molecule is CC(C)(C)n1c(-c2[c-]cccc2)nc2ccccc21.C[Si](C)(C)c1ccc(-c2ccnc(-c3[c-]ccc4c3oc3ccccc34)c2)cc1.[Ir]. The van der Waals surface area contributed by atoms with E-state index in [0.717, 1.165) is 55.7 Å². The smallest absolute Gasteiger partial charge is 0.120 e. The van der Waals surface area contributed by atoms with E-state index in [9.17, 15) is 0 Å². The van der Waals surface area contributed by atoms with Crippen LogP contribution in [0.3, 0.4) is 0 Å². The van der Waals surface area contributed by atoms with Gasteiger partial charge in [-0.15, -0.1) is 54.1 Å². The zero-order valence-electron chi connectivity index (χ0n) is 28.7. The number of hydrogen-bond acceptors (Lipinski definition) is 3. The summed E-state index contributed by atoms with van der Waals surface area (Å²) in [5.74, 6) is 0.981. The molecule has 0 spiro atoms. The molecular weight excluding hydrogens is 795 g/mol. The van der Waals surface area contributed by atoms with E-state index < -0.39 is 8.07 Å². The molecule has 0 N–H and O–H groups in total. The van der Waals surface area contributed by atoms with Gasteiger partial charge < -0.3 is 14.0 Å². The van der Waals surface area contributed by atoms with Gasteiger partial charge in [0.05, 0.1) is 30.5 Å². The molecule has 0 atom stereocenters. The fraction of sp³-hybridized carbons (Fsp3) is 0.163. The van der Waals surface area contributed by atoms with Crippen molar-refractivity contribution in [3.05, 3.63) is 140 Å². The van der Waals surface area contributed by atoms with E-state index in [1.54, 1.807) is 0 Å². The average Bonchev–Trinajstić information content (AvgIpc) is 3.68. The van der Waals surface area contributed by atoms with Crippen LogP contribution in [0.4, 0.5) is 0 Å². The first-order valence-electron chi connectivity index (χ1n) is 16.4. The second kappa shape index (κ2) is 13.7. The van der Waals surface area contributed by atoms with Crippen LogP contribution in [0.2, 0.25) is 19.6 Å². The Bertz CT molecular complexity index is 2360. The summed E-state index contributed by atoms with van der Waals surface area (Å²) >= 11 is 0. The minimum Gasteiger partial charge on any atom is -0.501 e. The monoisotopic (exact) mass is 834 g/mol. The summed E-state index contributed by atoms with van der Waals surface area (Å²) in [6.45, 7) is 13.7. The molecule has 3 aromatic heterocycles. The van der Waals surface area contributed by atoms with Crippen LogP contribution in [0, 0.1) is 12.1 Å². The van der Waals surface area contributed by atoms with Crippen molar-refractivity contribution < 1.29 is 24.5 Å². The van der Waals surface area contributed by atoms with Crippen LogP contribution in [0.5, 0.6) is 0 Å². The van der Waals surface area contributed by atoms with Gasteiger partial charge in [0.2, 0.25) is 0 Å². The van der Waals surface area contributed by atoms with Crippen LogP contribution in [0.15, 0.2) is 132 Å². The van der Waals surface area contributed by atoms with E-state index in [4.69, 9.17) is 9.40 Å². The predicted octanol–water partition coefficient (Wildman–Crippen LogP) is 10.9. The number of furan rings is 1. The number of imidazole rings is 1. The fourth-order valence-electron chi connectivity index (χ4n) is 6.21. The Hall–Kier alpha value is -4.61. The summed E-state index contributed by atoms with van der Waals surface area (Å²) in [6, 6.07) is 48.2.